The summed E-state index contributed by atoms with van der Waals surface area (Å²) in [7, 11) is 0. The van der Waals surface area contributed by atoms with Gasteiger partial charge in [0.1, 0.15) is 11.6 Å². The molecule has 0 saturated carbocycles. The van der Waals surface area contributed by atoms with Crippen LogP contribution in [0.1, 0.15) is 22.4 Å². The summed E-state index contributed by atoms with van der Waals surface area (Å²) in [6, 6.07) is 9.60. The number of oxazole rings is 1. The van der Waals surface area contributed by atoms with E-state index in [1.54, 1.807) is 11.3 Å². The van der Waals surface area contributed by atoms with Crippen LogP contribution >= 0.6 is 11.3 Å². The minimum atomic E-state index is -0.276. The second-order valence-corrected chi connectivity index (χ2v) is 4.95. The Morgan fingerprint density at radius 2 is 2.18 bits per heavy atom. The van der Waals surface area contributed by atoms with Crippen molar-refractivity contribution in [2.75, 3.05) is 0 Å². The van der Waals surface area contributed by atoms with Gasteiger partial charge < -0.3 is 10.2 Å². The highest BCUT2D eigenvalue weighted by Gasteiger charge is 2.17. The lowest BCUT2D eigenvalue weighted by Gasteiger charge is -2.02. The zero-order valence-corrected chi connectivity index (χ0v) is 10.2. The van der Waals surface area contributed by atoms with Crippen LogP contribution in [0.15, 0.2) is 40.1 Å². The Hall–Kier alpha value is -1.65. The first-order valence-corrected chi connectivity index (χ1v) is 6.28. The van der Waals surface area contributed by atoms with Crippen LogP contribution in [-0.4, -0.2) is 4.98 Å². The van der Waals surface area contributed by atoms with Crippen LogP contribution in [0.2, 0.25) is 0 Å². The Morgan fingerprint density at radius 1 is 1.29 bits per heavy atom. The van der Waals surface area contributed by atoms with Gasteiger partial charge in [-0.3, -0.25) is 0 Å². The number of para-hydroxylation sites is 1. The van der Waals surface area contributed by atoms with Crippen molar-refractivity contribution in [3.8, 4) is 0 Å². The maximum atomic E-state index is 6.13. The smallest absolute Gasteiger partial charge is 0.217 e. The van der Waals surface area contributed by atoms with E-state index < -0.39 is 0 Å². The van der Waals surface area contributed by atoms with E-state index in [9.17, 15) is 0 Å². The Labute approximate surface area is 103 Å². The van der Waals surface area contributed by atoms with Crippen molar-refractivity contribution in [3.63, 3.8) is 0 Å². The lowest BCUT2D eigenvalue weighted by Crippen LogP contribution is -2.10. The first kappa shape index (κ1) is 10.5. The summed E-state index contributed by atoms with van der Waals surface area (Å²) >= 11 is 1.61. The van der Waals surface area contributed by atoms with Gasteiger partial charge in [-0.25, -0.2) is 4.98 Å². The van der Waals surface area contributed by atoms with Gasteiger partial charge in [0.25, 0.3) is 0 Å². The fourth-order valence-corrected chi connectivity index (χ4v) is 2.55. The van der Waals surface area contributed by atoms with Crippen LogP contribution < -0.4 is 5.73 Å². The number of fused-ring (bicyclic) bond motifs is 1. The van der Waals surface area contributed by atoms with E-state index in [1.807, 2.05) is 42.6 Å². The highest BCUT2D eigenvalue weighted by molar-refractivity contribution is 7.10. The zero-order chi connectivity index (χ0) is 11.8. The number of nitrogens with two attached hydrogens (primary N) is 1. The van der Waals surface area contributed by atoms with E-state index in [0.29, 0.717) is 5.89 Å². The molecule has 0 aliphatic carbocycles. The molecule has 0 fully saturated rings. The molecule has 3 nitrogen and oxygen atoms in total. The summed E-state index contributed by atoms with van der Waals surface area (Å²) in [6.45, 7) is 2.02. The predicted octanol–water partition coefficient (Wildman–Crippen LogP) is 3.25. The molecule has 86 valence electrons. The third kappa shape index (κ3) is 1.75. The van der Waals surface area contributed by atoms with E-state index in [2.05, 4.69) is 4.98 Å². The average molecular weight is 244 g/mol. The van der Waals surface area contributed by atoms with E-state index >= 15 is 0 Å². The second-order valence-electron chi connectivity index (χ2n) is 3.97. The van der Waals surface area contributed by atoms with Gasteiger partial charge >= 0.3 is 0 Å². The van der Waals surface area contributed by atoms with Gasteiger partial charge in [0.2, 0.25) is 5.89 Å². The molecule has 3 aromatic rings. The lowest BCUT2D eigenvalue weighted by molar-refractivity contribution is 0.507. The van der Waals surface area contributed by atoms with Gasteiger partial charge in [-0.2, -0.15) is 0 Å². The first-order chi connectivity index (χ1) is 8.25. The predicted molar refractivity (Wildman–Crippen MR) is 69.1 cm³/mol. The summed E-state index contributed by atoms with van der Waals surface area (Å²) in [5, 5.41) is 2.00. The summed E-state index contributed by atoms with van der Waals surface area (Å²) in [5.41, 5.74) is 8.93. The van der Waals surface area contributed by atoms with E-state index in [4.69, 9.17) is 10.2 Å². The third-order valence-corrected chi connectivity index (χ3v) is 3.71. The molecular weight excluding hydrogens is 232 g/mol. The van der Waals surface area contributed by atoms with E-state index in [-0.39, 0.29) is 6.04 Å². The summed E-state index contributed by atoms with van der Waals surface area (Å²) in [5.74, 6) is 0.580. The van der Waals surface area contributed by atoms with Crippen LogP contribution in [0.25, 0.3) is 11.1 Å². The number of nitrogens with zero attached hydrogens (tertiary/aromatic N) is 1. The summed E-state index contributed by atoms with van der Waals surface area (Å²) in [6.07, 6.45) is 0. The van der Waals surface area contributed by atoms with Gasteiger partial charge in [-0.15, -0.1) is 11.3 Å². The van der Waals surface area contributed by atoms with Crippen molar-refractivity contribution >= 4 is 22.4 Å². The fourth-order valence-electron chi connectivity index (χ4n) is 1.83. The number of hydrogen-bond acceptors (Lipinski definition) is 4. The highest BCUT2D eigenvalue weighted by atomic mass is 32.1. The minimum Gasteiger partial charge on any atom is -0.439 e. The molecule has 0 radical (unpaired) electrons. The van der Waals surface area contributed by atoms with Gasteiger partial charge in [0, 0.05) is 4.88 Å². The van der Waals surface area contributed by atoms with Crippen LogP contribution in [0.5, 0.6) is 0 Å². The molecule has 0 amide bonds. The molecule has 2 N–H and O–H groups in total. The maximum Gasteiger partial charge on any atom is 0.217 e. The highest BCUT2D eigenvalue weighted by Crippen LogP contribution is 2.27. The monoisotopic (exact) mass is 244 g/mol. The van der Waals surface area contributed by atoms with Gasteiger partial charge in [-0.05, 0) is 30.0 Å². The first-order valence-electron chi connectivity index (χ1n) is 5.41. The topological polar surface area (TPSA) is 52.0 Å². The van der Waals surface area contributed by atoms with Crippen molar-refractivity contribution < 1.29 is 4.42 Å². The SMILES string of the molecule is Cc1cccc2oc(C(N)c3cccs3)nc12. The average Bonchev–Trinajstić information content (AvgIpc) is 2.98. The lowest BCUT2D eigenvalue weighted by atomic mass is 10.2. The van der Waals surface area contributed by atoms with Crippen molar-refractivity contribution in [3.05, 3.63) is 52.0 Å². The molecule has 4 heteroatoms. The molecule has 3 rings (SSSR count). The number of thiophene rings is 1. The van der Waals surface area contributed by atoms with Crippen LogP contribution in [0.4, 0.5) is 0 Å². The molecule has 0 spiro atoms. The number of aryl methyl sites for hydroxylation is 1. The zero-order valence-electron chi connectivity index (χ0n) is 9.38. The molecule has 1 unspecified atom stereocenters. The quantitative estimate of drug-likeness (QED) is 0.752. The molecular formula is C13H12N2OS. The number of rotatable bonds is 2. The molecule has 0 saturated heterocycles. The van der Waals surface area contributed by atoms with Crippen molar-refractivity contribution in [2.45, 2.75) is 13.0 Å². The summed E-state index contributed by atoms with van der Waals surface area (Å²) < 4.78 is 5.70. The third-order valence-electron chi connectivity index (χ3n) is 2.75. The fraction of sp³-hybridized carbons (Fsp3) is 0.154. The van der Waals surface area contributed by atoms with Gasteiger partial charge in [0.05, 0.1) is 0 Å². The van der Waals surface area contributed by atoms with Gasteiger partial charge in [0.15, 0.2) is 5.58 Å². The van der Waals surface area contributed by atoms with Crippen LogP contribution in [-0.2, 0) is 0 Å². The molecule has 2 aromatic heterocycles. The van der Waals surface area contributed by atoms with E-state index in [1.165, 1.54) is 0 Å². The van der Waals surface area contributed by atoms with E-state index in [0.717, 1.165) is 21.5 Å². The Balaban J connectivity index is 2.10. The largest absolute Gasteiger partial charge is 0.439 e. The molecule has 17 heavy (non-hydrogen) atoms. The van der Waals surface area contributed by atoms with Crippen LogP contribution in [0.3, 0.4) is 0 Å². The molecule has 0 aliphatic rings. The Bertz CT molecular complexity index is 643. The Kier molecular flexibility index (Phi) is 2.46. The summed E-state index contributed by atoms with van der Waals surface area (Å²) in [4.78, 5) is 5.55. The normalized spacial score (nSPS) is 13.1. The number of hydrogen-bond donors (Lipinski definition) is 1. The molecule has 1 atom stereocenters. The molecule has 0 aliphatic heterocycles. The van der Waals surface area contributed by atoms with Crippen LogP contribution in [0, 0.1) is 6.92 Å². The van der Waals surface area contributed by atoms with Crippen molar-refractivity contribution in [2.24, 2.45) is 5.73 Å². The molecule has 2 heterocycles. The number of aromatic nitrogens is 1. The number of benzene rings is 1. The second kappa shape index (κ2) is 3.98. The molecule has 0 bridgehead atoms. The minimum absolute atomic E-state index is 0.276. The maximum absolute atomic E-state index is 6.13. The Morgan fingerprint density at radius 3 is 2.88 bits per heavy atom. The van der Waals surface area contributed by atoms with Crippen molar-refractivity contribution in [1.82, 2.24) is 4.98 Å². The standard InChI is InChI=1S/C13H12N2OS/c1-8-4-2-5-9-12(8)15-13(16-9)11(14)10-6-3-7-17-10/h2-7,11H,14H2,1H3. The molecule has 1 aromatic carbocycles. The van der Waals surface area contributed by atoms with Crippen molar-refractivity contribution in [1.29, 1.82) is 0 Å². The van der Waals surface area contributed by atoms with Gasteiger partial charge in [-0.1, -0.05) is 18.2 Å².